The monoisotopic (exact) mass is 336 g/mol. The summed E-state index contributed by atoms with van der Waals surface area (Å²) >= 11 is 0. The lowest BCUT2D eigenvalue weighted by molar-refractivity contribution is -0.120. The lowest BCUT2D eigenvalue weighted by Crippen LogP contribution is -2.29. The molecule has 0 fully saturated rings. The SMILES string of the molecule is CC(=O)N[C@@H](CC(=O)Nc1ccc2cn[nH]c2c1)c1ccc(C)cc1. The normalized spacial score (nSPS) is 11.9. The molecule has 1 heterocycles. The van der Waals surface area contributed by atoms with Crippen LogP contribution in [0.25, 0.3) is 10.9 Å². The largest absolute Gasteiger partial charge is 0.349 e. The number of nitrogens with zero attached hydrogens (tertiary/aromatic N) is 1. The zero-order valence-electron chi connectivity index (χ0n) is 14.2. The van der Waals surface area contributed by atoms with Gasteiger partial charge in [0.1, 0.15) is 0 Å². The maximum absolute atomic E-state index is 12.4. The highest BCUT2D eigenvalue weighted by atomic mass is 16.2. The van der Waals surface area contributed by atoms with E-state index in [1.165, 1.54) is 6.92 Å². The number of anilines is 1. The molecule has 0 spiro atoms. The summed E-state index contributed by atoms with van der Waals surface area (Å²) in [4.78, 5) is 23.9. The number of aryl methyl sites for hydroxylation is 1. The van der Waals surface area contributed by atoms with Crippen molar-refractivity contribution < 1.29 is 9.59 Å². The molecule has 0 aliphatic rings. The third-order valence-corrected chi connectivity index (χ3v) is 3.97. The second-order valence-electron chi connectivity index (χ2n) is 6.09. The number of carbonyl (C=O) groups is 2. The number of amides is 2. The van der Waals surface area contributed by atoms with Crippen molar-refractivity contribution in [3.63, 3.8) is 0 Å². The van der Waals surface area contributed by atoms with E-state index in [0.717, 1.165) is 22.0 Å². The Morgan fingerprint density at radius 1 is 1.16 bits per heavy atom. The zero-order chi connectivity index (χ0) is 17.8. The van der Waals surface area contributed by atoms with Crippen LogP contribution in [0.4, 0.5) is 5.69 Å². The molecule has 1 atom stereocenters. The summed E-state index contributed by atoms with van der Waals surface area (Å²) in [5, 5.41) is 13.5. The van der Waals surface area contributed by atoms with Crippen LogP contribution in [0.5, 0.6) is 0 Å². The molecular weight excluding hydrogens is 316 g/mol. The van der Waals surface area contributed by atoms with E-state index in [1.807, 2.05) is 49.4 Å². The van der Waals surface area contributed by atoms with E-state index in [0.29, 0.717) is 5.69 Å². The molecule has 128 valence electrons. The van der Waals surface area contributed by atoms with E-state index in [1.54, 1.807) is 6.20 Å². The van der Waals surface area contributed by atoms with Gasteiger partial charge in [-0.1, -0.05) is 29.8 Å². The van der Waals surface area contributed by atoms with Gasteiger partial charge in [0.15, 0.2) is 0 Å². The van der Waals surface area contributed by atoms with Gasteiger partial charge in [-0.05, 0) is 30.7 Å². The van der Waals surface area contributed by atoms with Crippen molar-refractivity contribution in [3.8, 4) is 0 Å². The topological polar surface area (TPSA) is 86.9 Å². The lowest BCUT2D eigenvalue weighted by atomic mass is 10.0. The number of fused-ring (bicyclic) bond motifs is 1. The highest BCUT2D eigenvalue weighted by molar-refractivity contribution is 5.94. The number of rotatable bonds is 5. The molecular formula is C19H20N4O2. The van der Waals surface area contributed by atoms with E-state index in [2.05, 4.69) is 20.8 Å². The first-order valence-electron chi connectivity index (χ1n) is 8.08. The van der Waals surface area contributed by atoms with Crippen molar-refractivity contribution in [1.29, 1.82) is 0 Å². The van der Waals surface area contributed by atoms with Crippen LogP contribution in [-0.4, -0.2) is 22.0 Å². The fourth-order valence-corrected chi connectivity index (χ4v) is 2.71. The zero-order valence-corrected chi connectivity index (χ0v) is 14.2. The molecule has 6 nitrogen and oxygen atoms in total. The number of aromatic nitrogens is 2. The predicted molar refractivity (Wildman–Crippen MR) is 97.1 cm³/mol. The average Bonchev–Trinajstić information content (AvgIpc) is 3.02. The van der Waals surface area contributed by atoms with Gasteiger partial charge in [-0.15, -0.1) is 0 Å². The van der Waals surface area contributed by atoms with Gasteiger partial charge in [-0.3, -0.25) is 14.7 Å². The number of aromatic amines is 1. The maximum Gasteiger partial charge on any atom is 0.226 e. The Labute approximate surface area is 145 Å². The van der Waals surface area contributed by atoms with E-state index in [4.69, 9.17) is 0 Å². The van der Waals surface area contributed by atoms with Crippen LogP contribution >= 0.6 is 0 Å². The van der Waals surface area contributed by atoms with Crippen LogP contribution in [0.3, 0.4) is 0 Å². The Balaban J connectivity index is 1.72. The summed E-state index contributed by atoms with van der Waals surface area (Å²) in [6.07, 6.45) is 1.88. The van der Waals surface area contributed by atoms with Gasteiger partial charge in [0, 0.05) is 18.0 Å². The lowest BCUT2D eigenvalue weighted by Gasteiger charge is -2.18. The predicted octanol–water partition coefficient (Wildman–Crippen LogP) is 3.08. The molecule has 0 unspecified atom stereocenters. The molecule has 3 rings (SSSR count). The minimum absolute atomic E-state index is 0.156. The quantitative estimate of drug-likeness (QED) is 0.669. The van der Waals surface area contributed by atoms with E-state index in [9.17, 15) is 9.59 Å². The van der Waals surface area contributed by atoms with Gasteiger partial charge in [0.05, 0.1) is 24.2 Å². The Kier molecular flexibility index (Phi) is 4.79. The fourth-order valence-electron chi connectivity index (χ4n) is 2.71. The van der Waals surface area contributed by atoms with E-state index < -0.39 is 0 Å². The third-order valence-electron chi connectivity index (χ3n) is 3.97. The molecule has 0 bridgehead atoms. The van der Waals surface area contributed by atoms with E-state index in [-0.39, 0.29) is 24.3 Å². The highest BCUT2D eigenvalue weighted by Crippen LogP contribution is 2.20. The van der Waals surface area contributed by atoms with Crippen molar-refractivity contribution in [1.82, 2.24) is 15.5 Å². The van der Waals surface area contributed by atoms with Gasteiger partial charge in [0.2, 0.25) is 11.8 Å². The number of nitrogens with one attached hydrogen (secondary N) is 3. The Hall–Kier alpha value is -3.15. The first-order chi connectivity index (χ1) is 12.0. The second-order valence-corrected chi connectivity index (χ2v) is 6.09. The molecule has 0 aliphatic carbocycles. The van der Waals surface area contributed by atoms with Gasteiger partial charge in [-0.25, -0.2) is 0 Å². The maximum atomic E-state index is 12.4. The Bertz CT molecular complexity index is 899. The van der Waals surface area contributed by atoms with Crippen molar-refractivity contribution in [2.75, 3.05) is 5.32 Å². The molecule has 0 radical (unpaired) electrons. The number of H-pyrrole nitrogens is 1. The first kappa shape index (κ1) is 16.7. The van der Waals surface area contributed by atoms with Crippen molar-refractivity contribution in [2.45, 2.75) is 26.3 Å². The standard InChI is InChI=1S/C19H20N4O2/c1-12-3-5-14(6-4-12)17(21-13(2)24)10-19(25)22-16-8-7-15-11-20-23-18(15)9-16/h3-9,11,17H,10H2,1-2H3,(H,20,23)(H,21,24)(H,22,25)/t17-/m0/s1. The molecule has 0 saturated carbocycles. The molecule has 0 aliphatic heterocycles. The van der Waals surface area contributed by atoms with Crippen LogP contribution in [0, 0.1) is 6.92 Å². The van der Waals surface area contributed by atoms with E-state index >= 15 is 0 Å². The van der Waals surface area contributed by atoms with Gasteiger partial charge in [-0.2, -0.15) is 5.10 Å². The average molecular weight is 336 g/mol. The van der Waals surface area contributed by atoms with Crippen LogP contribution in [-0.2, 0) is 9.59 Å². The summed E-state index contributed by atoms with van der Waals surface area (Å²) in [5.41, 5.74) is 3.57. The number of hydrogen-bond acceptors (Lipinski definition) is 3. The van der Waals surface area contributed by atoms with Crippen LogP contribution < -0.4 is 10.6 Å². The van der Waals surface area contributed by atoms with Gasteiger partial charge >= 0.3 is 0 Å². The molecule has 2 aromatic carbocycles. The molecule has 6 heteroatoms. The summed E-state index contributed by atoms with van der Waals surface area (Å²) in [6, 6.07) is 13.0. The van der Waals surface area contributed by atoms with Crippen molar-refractivity contribution in [2.24, 2.45) is 0 Å². The Morgan fingerprint density at radius 2 is 1.92 bits per heavy atom. The minimum atomic E-state index is -0.367. The molecule has 3 aromatic rings. The molecule has 1 aromatic heterocycles. The van der Waals surface area contributed by atoms with Crippen molar-refractivity contribution >= 4 is 28.4 Å². The van der Waals surface area contributed by atoms with Crippen LogP contribution in [0.15, 0.2) is 48.7 Å². The minimum Gasteiger partial charge on any atom is -0.349 e. The first-order valence-corrected chi connectivity index (χ1v) is 8.08. The van der Waals surface area contributed by atoms with Crippen LogP contribution in [0.2, 0.25) is 0 Å². The van der Waals surface area contributed by atoms with Gasteiger partial charge in [0.25, 0.3) is 0 Å². The highest BCUT2D eigenvalue weighted by Gasteiger charge is 2.17. The molecule has 25 heavy (non-hydrogen) atoms. The molecule has 3 N–H and O–H groups in total. The van der Waals surface area contributed by atoms with Crippen molar-refractivity contribution in [3.05, 3.63) is 59.8 Å². The number of benzene rings is 2. The van der Waals surface area contributed by atoms with Gasteiger partial charge < -0.3 is 10.6 Å². The Morgan fingerprint density at radius 3 is 2.64 bits per heavy atom. The molecule has 2 amide bonds. The second kappa shape index (κ2) is 7.17. The summed E-state index contributed by atoms with van der Waals surface area (Å²) in [7, 11) is 0. The fraction of sp³-hybridized carbons (Fsp3) is 0.211. The summed E-state index contributed by atoms with van der Waals surface area (Å²) < 4.78 is 0. The number of hydrogen-bond donors (Lipinski definition) is 3. The van der Waals surface area contributed by atoms with Crippen LogP contribution in [0.1, 0.15) is 30.5 Å². The molecule has 0 saturated heterocycles. The summed E-state index contributed by atoms with van der Waals surface area (Å²) in [6.45, 7) is 3.45. The summed E-state index contributed by atoms with van der Waals surface area (Å²) in [5.74, 6) is -0.338. The third kappa shape index (κ3) is 4.23. The smallest absolute Gasteiger partial charge is 0.226 e. The number of carbonyl (C=O) groups excluding carboxylic acids is 2.